The van der Waals surface area contributed by atoms with Crippen LogP contribution in [0.5, 0.6) is 0 Å². The SMILES string of the molecule is CC(C)(C)OC=O.CCNC.CN1[C@H](CF)C(c2ccc(-c3ccc(C=O)nc3)cc2)OC1(C)C. The summed E-state index contributed by atoms with van der Waals surface area (Å²) in [6.07, 6.45) is 2.10. The van der Waals surface area contributed by atoms with Gasteiger partial charge in [0.2, 0.25) is 0 Å². The van der Waals surface area contributed by atoms with E-state index in [-0.39, 0.29) is 17.7 Å². The minimum atomic E-state index is -0.491. The van der Waals surface area contributed by atoms with Crippen LogP contribution in [0.3, 0.4) is 0 Å². The Hall–Kier alpha value is -2.68. The molecule has 1 N–H and O–H groups in total. The number of nitrogens with one attached hydrogen (secondary N) is 1. The molecule has 2 aromatic rings. The van der Waals surface area contributed by atoms with Crippen LogP contribution < -0.4 is 5.32 Å². The van der Waals surface area contributed by atoms with Crippen LogP contribution in [0, 0.1) is 0 Å². The maximum atomic E-state index is 13.5. The molecule has 1 aromatic carbocycles. The molecule has 0 bridgehead atoms. The largest absolute Gasteiger partial charge is 0.462 e. The molecule has 2 heterocycles. The van der Waals surface area contributed by atoms with Crippen molar-refractivity contribution < 1.29 is 23.5 Å². The summed E-state index contributed by atoms with van der Waals surface area (Å²) in [5.74, 6) is 0. The van der Waals surface area contributed by atoms with Crippen molar-refractivity contribution in [1.29, 1.82) is 0 Å². The van der Waals surface area contributed by atoms with Crippen LogP contribution >= 0.6 is 0 Å². The molecule has 1 aliphatic heterocycles. The predicted molar refractivity (Wildman–Crippen MR) is 137 cm³/mol. The van der Waals surface area contributed by atoms with E-state index in [1.807, 2.05) is 83.9 Å². The maximum absolute atomic E-state index is 13.5. The van der Waals surface area contributed by atoms with Gasteiger partial charge in [-0.25, -0.2) is 4.39 Å². The van der Waals surface area contributed by atoms with Crippen LogP contribution in [0.1, 0.15) is 63.7 Å². The van der Waals surface area contributed by atoms with Gasteiger partial charge >= 0.3 is 0 Å². The number of ether oxygens (including phenoxy) is 2. The fourth-order valence-electron chi connectivity index (χ4n) is 3.20. The number of hydrogen-bond acceptors (Lipinski definition) is 7. The molecule has 35 heavy (non-hydrogen) atoms. The third kappa shape index (κ3) is 9.47. The number of hydrogen-bond donors (Lipinski definition) is 1. The number of rotatable bonds is 6. The van der Waals surface area contributed by atoms with Crippen molar-refractivity contribution in [1.82, 2.24) is 15.2 Å². The van der Waals surface area contributed by atoms with Crippen molar-refractivity contribution in [3.05, 3.63) is 53.9 Å². The number of aldehydes is 1. The van der Waals surface area contributed by atoms with Gasteiger partial charge in [-0.3, -0.25) is 19.5 Å². The zero-order valence-electron chi connectivity index (χ0n) is 22.2. The molecule has 0 spiro atoms. The summed E-state index contributed by atoms with van der Waals surface area (Å²) in [5, 5.41) is 2.93. The summed E-state index contributed by atoms with van der Waals surface area (Å²) >= 11 is 0. The van der Waals surface area contributed by atoms with E-state index in [1.54, 1.807) is 12.3 Å². The lowest BCUT2D eigenvalue weighted by atomic mass is 9.99. The van der Waals surface area contributed by atoms with E-state index in [0.717, 1.165) is 29.5 Å². The second kappa shape index (κ2) is 14.0. The van der Waals surface area contributed by atoms with Gasteiger partial charge in [-0.05, 0) is 72.5 Å². The highest BCUT2D eigenvalue weighted by Crippen LogP contribution is 2.40. The third-order valence-electron chi connectivity index (χ3n) is 5.50. The Kier molecular flexibility index (Phi) is 12.2. The van der Waals surface area contributed by atoms with Gasteiger partial charge in [0.05, 0.1) is 6.04 Å². The Morgan fingerprint density at radius 3 is 2.09 bits per heavy atom. The van der Waals surface area contributed by atoms with Crippen LogP contribution in [-0.2, 0) is 14.3 Å². The number of carbonyl (C=O) groups is 2. The molecule has 7 nitrogen and oxygen atoms in total. The van der Waals surface area contributed by atoms with E-state index in [4.69, 9.17) is 4.74 Å². The lowest BCUT2D eigenvalue weighted by Crippen LogP contribution is -2.41. The summed E-state index contributed by atoms with van der Waals surface area (Å²) < 4.78 is 24.1. The van der Waals surface area contributed by atoms with Crippen LogP contribution in [0.25, 0.3) is 11.1 Å². The number of likely N-dealkylation sites (N-methyl/N-ethyl adjacent to an activating group) is 1. The third-order valence-corrected chi connectivity index (χ3v) is 5.50. The highest BCUT2D eigenvalue weighted by Gasteiger charge is 2.45. The highest BCUT2D eigenvalue weighted by atomic mass is 19.1. The number of pyridine rings is 1. The number of alkyl halides is 1. The van der Waals surface area contributed by atoms with Gasteiger partial charge in [0.1, 0.15) is 29.8 Å². The van der Waals surface area contributed by atoms with Gasteiger partial charge in [-0.2, -0.15) is 0 Å². The van der Waals surface area contributed by atoms with Crippen molar-refractivity contribution in [3.8, 4) is 11.1 Å². The fraction of sp³-hybridized carbons (Fsp3) is 0.519. The van der Waals surface area contributed by atoms with Crippen LogP contribution in [0.15, 0.2) is 42.6 Å². The second-order valence-electron chi connectivity index (χ2n) is 9.56. The van der Waals surface area contributed by atoms with Crippen molar-refractivity contribution in [3.63, 3.8) is 0 Å². The Bertz CT molecular complexity index is 894. The summed E-state index contributed by atoms with van der Waals surface area (Å²) in [6.45, 7) is 12.5. The van der Waals surface area contributed by atoms with Gasteiger partial charge in [-0.1, -0.05) is 37.3 Å². The molecule has 1 saturated heterocycles. The van der Waals surface area contributed by atoms with Crippen molar-refractivity contribution >= 4 is 12.8 Å². The smallest absolute Gasteiger partial charge is 0.293 e. The zero-order valence-corrected chi connectivity index (χ0v) is 22.2. The van der Waals surface area contributed by atoms with E-state index in [0.29, 0.717) is 12.2 Å². The predicted octanol–water partition coefficient (Wildman–Crippen LogP) is 4.82. The molecule has 3 rings (SSSR count). The fourth-order valence-corrected chi connectivity index (χ4v) is 3.20. The minimum Gasteiger partial charge on any atom is -0.462 e. The summed E-state index contributed by atoms with van der Waals surface area (Å²) in [4.78, 5) is 26.3. The number of nitrogens with zero attached hydrogens (tertiary/aromatic N) is 2. The van der Waals surface area contributed by atoms with Crippen molar-refractivity contribution in [2.45, 2.75) is 65.0 Å². The van der Waals surface area contributed by atoms with E-state index < -0.39 is 12.4 Å². The molecule has 0 saturated carbocycles. The molecule has 0 amide bonds. The molecular weight excluding hydrogens is 449 g/mol. The van der Waals surface area contributed by atoms with Gasteiger partial charge < -0.3 is 14.8 Å². The monoisotopic (exact) mass is 489 g/mol. The lowest BCUT2D eigenvalue weighted by molar-refractivity contribution is -0.138. The molecular formula is C27H40FN3O4. The first-order chi connectivity index (χ1) is 16.4. The van der Waals surface area contributed by atoms with Crippen LogP contribution in [0.4, 0.5) is 4.39 Å². The summed E-state index contributed by atoms with van der Waals surface area (Å²) in [6, 6.07) is 11.1. The molecule has 0 aliphatic carbocycles. The minimum absolute atomic E-state index is 0.292. The Balaban J connectivity index is 0.000000468. The van der Waals surface area contributed by atoms with E-state index in [2.05, 4.69) is 22.0 Å². The van der Waals surface area contributed by atoms with Crippen LogP contribution in [-0.4, -0.2) is 67.3 Å². The van der Waals surface area contributed by atoms with Crippen LogP contribution in [0.2, 0.25) is 0 Å². The molecule has 1 aliphatic rings. The number of halogens is 1. The quantitative estimate of drug-likeness (QED) is 0.583. The lowest BCUT2D eigenvalue weighted by Gasteiger charge is -2.28. The first kappa shape index (κ1) is 30.4. The average Bonchev–Trinajstić information content (AvgIpc) is 3.07. The standard InChI is InChI=1S/C19H21FN2O2.C5H10O2.C3H9N/c1-19(2)22(3)17(10-20)18(24-19)14-6-4-13(5-7-14)15-8-9-16(12-23)21-11-15;1-5(2,3)7-4-6;1-3-4-2/h4-9,11-12,17-18H,10H2,1-3H3;4H,1-3H3;4H,3H2,1-2H3/t17-,18?;;/m1../s1. The highest BCUT2D eigenvalue weighted by molar-refractivity contribution is 5.73. The molecule has 1 fully saturated rings. The molecule has 194 valence electrons. The molecule has 1 aromatic heterocycles. The molecule has 0 radical (unpaired) electrons. The van der Waals surface area contributed by atoms with E-state index in [9.17, 15) is 14.0 Å². The Morgan fingerprint density at radius 2 is 1.71 bits per heavy atom. The first-order valence-electron chi connectivity index (χ1n) is 11.7. The molecule has 1 unspecified atom stereocenters. The Morgan fingerprint density at radius 1 is 1.14 bits per heavy atom. The topological polar surface area (TPSA) is 80.8 Å². The van der Waals surface area contributed by atoms with Gasteiger partial charge in [0, 0.05) is 11.8 Å². The van der Waals surface area contributed by atoms with E-state index >= 15 is 0 Å². The zero-order chi connectivity index (χ0) is 26.6. The normalized spacial score (nSPS) is 19.0. The van der Waals surface area contributed by atoms with Crippen molar-refractivity contribution in [2.75, 3.05) is 27.3 Å². The Labute approximate surface area is 209 Å². The number of benzene rings is 1. The van der Waals surface area contributed by atoms with Gasteiger partial charge in [0.15, 0.2) is 6.29 Å². The van der Waals surface area contributed by atoms with Crippen molar-refractivity contribution in [2.24, 2.45) is 0 Å². The average molecular weight is 490 g/mol. The summed E-state index contributed by atoms with van der Waals surface area (Å²) in [7, 11) is 3.82. The number of aromatic nitrogens is 1. The first-order valence-corrected chi connectivity index (χ1v) is 11.7. The number of carbonyl (C=O) groups excluding carboxylic acids is 2. The maximum Gasteiger partial charge on any atom is 0.293 e. The summed E-state index contributed by atoms with van der Waals surface area (Å²) in [5.41, 5.74) is 2.48. The van der Waals surface area contributed by atoms with E-state index in [1.165, 1.54) is 0 Å². The molecule has 2 atom stereocenters. The second-order valence-corrected chi connectivity index (χ2v) is 9.56. The molecule has 8 heteroatoms. The van der Waals surface area contributed by atoms with Gasteiger partial charge in [0.25, 0.3) is 6.47 Å². The van der Waals surface area contributed by atoms with Gasteiger partial charge in [-0.15, -0.1) is 0 Å².